The molecule has 1 aromatic rings. The maximum absolute atomic E-state index is 11.8. The first-order valence-electron chi connectivity index (χ1n) is 7.05. The lowest BCUT2D eigenvalue weighted by Crippen LogP contribution is -2.35. The van der Waals surface area contributed by atoms with Gasteiger partial charge in [-0.2, -0.15) is 0 Å². The van der Waals surface area contributed by atoms with E-state index in [0.717, 1.165) is 37.8 Å². The summed E-state index contributed by atoms with van der Waals surface area (Å²) >= 11 is 0. The largest absolute Gasteiger partial charge is 0.307 e. The second-order valence-corrected chi connectivity index (χ2v) is 7.93. The first kappa shape index (κ1) is 13.1. The Labute approximate surface area is 114 Å². The number of fused-ring (bicyclic) bond motifs is 1. The van der Waals surface area contributed by atoms with Crippen LogP contribution in [0.3, 0.4) is 0 Å². The van der Waals surface area contributed by atoms with Crippen molar-refractivity contribution in [3.8, 4) is 0 Å². The summed E-state index contributed by atoms with van der Waals surface area (Å²) in [6.45, 7) is 0.572. The van der Waals surface area contributed by atoms with Crippen molar-refractivity contribution in [2.24, 2.45) is 0 Å². The number of nitrogens with one attached hydrogen (secondary N) is 1. The van der Waals surface area contributed by atoms with Crippen LogP contribution < -0.4 is 5.32 Å². The van der Waals surface area contributed by atoms with Crippen LogP contribution in [0.2, 0.25) is 0 Å². The Morgan fingerprint density at radius 1 is 1.32 bits per heavy atom. The Hall–Kier alpha value is -0.940. The molecule has 4 nitrogen and oxygen atoms in total. The Balaban J connectivity index is 1.69. The van der Waals surface area contributed by atoms with Crippen LogP contribution in [-0.4, -0.2) is 30.9 Å². The first-order chi connectivity index (χ1) is 9.17. The molecular weight excluding hydrogens is 260 g/mol. The number of aryl methyl sites for hydroxylation is 1. The van der Waals surface area contributed by atoms with E-state index < -0.39 is 9.84 Å². The van der Waals surface area contributed by atoms with Gasteiger partial charge in [0.1, 0.15) is 0 Å². The van der Waals surface area contributed by atoms with Crippen LogP contribution >= 0.6 is 0 Å². The van der Waals surface area contributed by atoms with E-state index in [1.165, 1.54) is 5.56 Å². The highest BCUT2D eigenvalue weighted by atomic mass is 32.2. The maximum atomic E-state index is 11.8. The summed E-state index contributed by atoms with van der Waals surface area (Å²) < 4.78 is 23.6. The van der Waals surface area contributed by atoms with Crippen LogP contribution in [0, 0.1) is 0 Å². The zero-order chi connectivity index (χ0) is 13.3. The third-order valence-corrected chi connectivity index (χ3v) is 6.53. The third kappa shape index (κ3) is 2.67. The number of sulfone groups is 1. The molecule has 0 amide bonds. The van der Waals surface area contributed by atoms with Crippen LogP contribution in [0.25, 0.3) is 0 Å². The number of hydrogen-bond acceptors (Lipinski definition) is 4. The van der Waals surface area contributed by atoms with Gasteiger partial charge in [-0.05, 0) is 43.7 Å². The summed E-state index contributed by atoms with van der Waals surface area (Å²) in [6.07, 6.45) is 6.73. The highest BCUT2D eigenvalue weighted by Gasteiger charge is 2.32. The summed E-state index contributed by atoms with van der Waals surface area (Å²) in [7, 11) is -2.85. The number of hydrogen-bond donors (Lipinski definition) is 1. The van der Waals surface area contributed by atoms with Gasteiger partial charge in [0.15, 0.2) is 9.84 Å². The Morgan fingerprint density at radius 3 is 3.00 bits per heavy atom. The van der Waals surface area contributed by atoms with E-state index in [-0.39, 0.29) is 11.3 Å². The van der Waals surface area contributed by atoms with E-state index in [0.29, 0.717) is 12.3 Å². The number of rotatable bonds is 3. The minimum atomic E-state index is -2.85. The quantitative estimate of drug-likeness (QED) is 0.914. The minimum absolute atomic E-state index is 0.193. The number of aromatic nitrogens is 1. The summed E-state index contributed by atoms with van der Waals surface area (Å²) in [5, 5.41) is 3.24. The number of pyridine rings is 1. The molecule has 104 valence electrons. The lowest BCUT2D eigenvalue weighted by Gasteiger charge is -2.26. The van der Waals surface area contributed by atoms with Crippen LogP contribution in [0.4, 0.5) is 0 Å². The molecule has 5 heteroatoms. The Morgan fingerprint density at radius 2 is 2.21 bits per heavy atom. The maximum Gasteiger partial charge on any atom is 0.154 e. The molecule has 3 rings (SSSR count). The molecule has 19 heavy (non-hydrogen) atoms. The van der Waals surface area contributed by atoms with Crippen molar-refractivity contribution in [1.82, 2.24) is 10.3 Å². The zero-order valence-electron chi connectivity index (χ0n) is 11.0. The fourth-order valence-electron chi connectivity index (χ4n) is 3.17. The van der Waals surface area contributed by atoms with E-state index in [4.69, 9.17) is 0 Å². The second kappa shape index (κ2) is 5.21. The van der Waals surface area contributed by atoms with E-state index >= 15 is 0 Å². The molecule has 1 fully saturated rings. The van der Waals surface area contributed by atoms with Crippen LogP contribution in [0.15, 0.2) is 18.3 Å². The molecule has 1 aliphatic heterocycles. The van der Waals surface area contributed by atoms with E-state index in [1.54, 1.807) is 0 Å². The monoisotopic (exact) mass is 280 g/mol. The van der Waals surface area contributed by atoms with E-state index in [1.807, 2.05) is 12.3 Å². The molecule has 0 aromatic carbocycles. The Bertz CT molecular complexity index is 556. The van der Waals surface area contributed by atoms with Crippen LogP contribution in [-0.2, 0) is 16.3 Å². The molecule has 0 bridgehead atoms. The summed E-state index contributed by atoms with van der Waals surface area (Å²) in [6, 6.07) is 4.33. The highest BCUT2D eigenvalue weighted by molar-refractivity contribution is 7.92. The van der Waals surface area contributed by atoms with Crippen molar-refractivity contribution in [3.05, 3.63) is 29.6 Å². The van der Waals surface area contributed by atoms with Gasteiger partial charge in [0.05, 0.1) is 16.7 Å². The van der Waals surface area contributed by atoms with Crippen molar-refractivity contribution in [3.63, 3.8) is 0 Å². The smallest absolute Gasteiger partial charge is 0.154 e. The van der Waals surface area contributed by atoms with Crippen molar-refractivity contribution >= 4 is 9.84 Å². The fourth-order valence-corrected chi connectivity index (χ4v) is 4.95. The average Bonchev–Trinajstić information content (AvgIpc) is 2.75. The summed E-state index contributed by atoms with van der Waals surface area (Å²) in [5.41, 5.74) is 2.42. The molecule has 0 radical (unpaired) electrons. The lowest BCUT2D eigenvalue weighted by atomic mass is 9.92. The predicted octanol–water partition coefficient (Wildman–Crippen LogP) is 1.63. The van der Waals surface area contributed by atoms with Crippen LogP contribution in [0.5, 0.6) is 0 Å². The van der Waals surface area contributed by atoms with E-state index in [2.05, 4.69) is 16.4 Å². The fraction of sp³-hybridized carbons (Fsp3) is 0.643. The molecule has 2 heterocycles. The van der Waals surface area contributed by atoms with Gasteiger partial charge in [0, 0.05) is 18.8 Å². The predicted molar refractivity (Wildman–Crippen MR) is 74.7 cm³/mol. The molecule has 2 aliphatic rings. The van der Waals surface area contributed by atoms with Crippen molar-refractivity contribution < 1.29 is 8.42 Å². The summed E-state index contributed by atoms with van der Waals surface area (Å²) in [4.78, 5) is 4.47. The van der Waals surface area contributed by atoms with Gasteiger partial charge < -0.3 is 5.32 Å². The molecule has 0 spiro atoms. The minimum Gasteiger partial charge on any atom is -0.307 e. The first-order valence-corrected chi connectivity index (χ1v) is 8.77. The molecule has 1 aromatic heterocycles. The third-order valence-electron chi connectivity index (χ3n) is 4.25. The SMILES string of the molecule is O=S1(=O)CCCC1CNC1CCCc2cccnc21. The molecule has 1 saturated heterocycles. The normalized spacial score (nSPS) is 29.1. The van der Waals surface area contributed by atoms with Gasteiger partial charge in [0.2, 0.25) is 0 Å². The van der Waals surface area contributed by atoms with Crippen molar-refractivity contribution in [1.29, 1.82) is 0 Å². The summed E-state index contributed by atoms with van der Waals surface area (Å²) in [5.74, 6) is 0.360. The van der Waals surface area contributed by atoms with Gasteiger partial charge in [-0.3, -0.25) is 4.98 Å². The molecule has 1 N–H and O–H groups in total. The average molecular weight is 280 g/mol. The molecule has 2 atom stereocenters. The standard InChI is InChI=1S/C14H20N2O2S/c17-19(18)9-3-6-12(19)10-16-13-7-1-4-11-5-2-8-15-14(11)13/h2,5,8,12-13,16H,1,3-4,6-7,9-10H2. The van der Waals surface area contributed by atoms with Crippen molar-refractivity contribution in [2.45, 2.75) is 43.4 Å². The second-order valence-electron chi connectivity index (χ2n) is 5.53. The zero-order valence-corrected chi connectivity index (χ0v) is 11.8. The van der Waals surface area contributed by atoms with Gasteiger partial charge in [-0.15, -0.1) is 0 Å². The van der Waals surface area contributed by atoms with Crippen LogP contribution in [0.1, 0.15) is 43.0 Å². The van der Waals surface area contributed by atoms with Gasteiger partial charge in [-0.1, -0.05) is 6.07 Å². The topological polar surface area (TPSA) is 59.1 Å². The van der Waals surface area contributed by atoms with E-state index in [9.17, 15) is 8.42 Å². The van der Waals surface area contributed by atoms with Crippen molar-refractivity contribution in [2.75, 3.05) is 12.3 Å². The molecule has 2 unspecified atom stereocenters. The molecular formula is C14H20N2O2S. The lowest BCUT2D eigenvalue weighted by molar-refractivity contribution is 0.443. The molecule has 0 saturated carbocycles. The number of nitrogens with zero attached hydrogens (tertiary/aromatic N) is 1. The van der Waals surface area contributed by atoms with Gasteiger partial charge >= 0.3 is 0 Å². The van der Waals surface area contributed by atoms with Gasteiger partial charge in [-0.25, -0.2) is 8.42 Å². The molecule has 1 aliphatic carbocycles. The highest BCUT2D eigenvalue weighted by Crippen LogP contribution is 2.28. The Kier molecular flexibility index (Phi) is 3.58. The van der Waals surface area contributed by atoms with Gasteiger partial charge in [0.25, 0.3) is 0 Å².